The highest BCUT2D eigenvalue weighted by Crippen LogP contribution is 2.29. The van der Waals surface area contributed by atoms with Gasteiger partial charge in [-0.1, -0.05) is 23.2 Å². The van der Waals surface area contributed by atoms with E-state index >= 15 is 0 Å². The second-order valence-electron chi connectivity index (χ2n) is 3.58. The van der Waals surface area contributed by atoms with Gasteiger partial charge in [0.1, 0.15) is 5.78 Å². The van der Waals surface area contributed by atoms with Crippen LogP contribution in [0.1, 0.15) is 24.0 Å². The Hall–Kier alpha value is -0.530. The van der Waals surface area contributed by atoms with Crippen molar-refractivity contribution in [1.82, 2.24) is 0 Å². The summed E-state index contributed by atoms with van der Waals surface area (Å²) in [6.07, 6.45) is 2.59. The van der Waals surface area contributed by atoms with Crippen LogP contribution in [0.4, 0.5) is 0 Å². The van der Waals surface area contributed by atoms with Gasteiger partial charge in [-0.2, -0.15) is 0 Å². The Morgan fingerprint density at radius 3 is 1.93 bits per heavy atom. The minimum absolute atomic E-state index is 0.309. The zero-order valence-corrected chi connectivity index (χ0v) is 9.16. The van der Waals surface area contributed by atoms with Crippen molar-refractivity contribution < 1.29 is 4.79 Å². The molecule has 3 heteroatoms. The highest BCUT2D eigenvalue weighted by Gasteiger charge is 2.14. The predicted octanol–water partition coefficient (Wildman–Crippen LogP) is 3.44. The topological polar surface area (TPSA) is 17.1 Å². The maximum Gasteiger partial charge on any atom is 0.133 e. The van der Waals surface area contributed by atoms with Crippen LogP contribution in [-0.4, -0.2) is 5.78 Å². The summed E-state index contributed by atoms with van der Waals surface area (Å²) >= 11 is 12.1. The first-order valence-corrected chi connectivity index (χ1v) is 5.41. The summed E-state index contributed by atoms with van der Waals surface area (Å²) in [5, 5.41) is 1.51. The average Bonchev–Trinajstić information content (AvgIpc) is 2.16. The number of ketones is 1. The largest absolute Gasteiger partial charge is 0.300 e. The zero-order chi connectivity index (χ0) is 10.1. The van der Waals surface area contributed by atoms with Crippen molar-refractivity contribution in [2.75, 3.05) is 0 Å². The quantitative estimate of drug-likeness (QED) is 0.665. The summed E-state index contributed by atoms with van der Waals surface area (Å²) in [7, 11) is 0. The number of rotatable bonds is 0. The Balaban J connectivity index is 2.46. The van der Waals surface area contributed by atoms with E-state index in [1.807, 2.05) is 12.1 Å². The van der Waals surface area contributed by atoms with Crippen LogP contribution in [0.25, 0.3) is 0 Å². The standard InChI is InChI=1S/C11H10Cl2O/c12-9-5-7-1-3-10(14)4-2-8(6-9)11(7)13/h5-6H,1-4H2. The van der Waals surface area contributed by atoms with Crippen molar-refractivity contribution in [1.29, 1.82) is 0 Å². The molecule has 1 aromatic carbocycles. The Morgan fingerprint density at radius 1 is 0.929 bits per heavy atom. The summed E-state index contributed by atoms with van der Waals surface area (Å²) < 4.78 is 0. The van der Waals surface area contributed by atoms with Crippen molar-refractivity contribution in [3.05, 3.63) is 33.3 Å². The summed E-state index contributed by atoms with van der Waals surface area (Å²) in [4.78, 5) is 11.3. The van der Waals surface area contributed by atoms with E-state index < -0.39 is 0 Å². The fraction of sp³-hybridized carbons (Fsp3) is 0.364. The maximum absolute atomic E-state index is 11.3. The predicted molar refractivity (Wildman–Crippen MR) is 58.1 cm³/mol. The Kier molecular flexibility index (Phi) is 2.80. The molecule has 14 heavy (non-hydrogen) atoms. The van der Waals surface area contributed by atoms with Crippen LogP contribution >= 0.6 is 23.2 Å². The number of carbonyl (C=O) groups excluding carboxylic acids is 1. The number of halogens is 2. The number of fused-ring (bicyclic) bond motifs is 2. The van der Waals surface area contributed by atoms with Gasteiger partial charge in [0, 0.05) is 22.9 Å². The average molecular weight is 229 g/mol. The Labute approximate surface area is 93.0 Å². The number of hydrogen-bond acceptors (Lipinski definition) is 1. The van der Waals surface area contributed by atoms with Gasteiger partial charge in [0.15, 0.2) is 0 Å². The molecule has 74 valence electrons. The number of aryl methyl sites for hydroxylation is 2. The number of Topliss-reactive ketones (excluding diaryl/α,β-unsaturated/α-hetero) is 1. The summed E-state index contributed by atoms with van der Waals surface area (Å²) in [5.41, 5.74) is 2.00. The summed E-state index contributed by atoms with van der Waals surface area (Å²) in [5.74, 6) is 0.309. The van der Waals surface area contributed by atoms with Crippen LogP contribution in [0.5, 0.6) is 0 Å². The van der Waals surface area contributed by atoms with E-state index in [1.54, 1.807) is 0 Å². The molecule has 2 rings (SSSR count). The molecule has 0 saturated carbocycles. The lowest BCUT2D eigenvalue weighted by atomic mass is 9.96. The van der Waals surface area contributed by atoms with Crippen LogP contribution in [0.2, 0.25) is 10.0 Å². The molecular formula is C11H10Cl2O. The van der Waals surface area contributed by atoms with Crippen LogP contribution in [0, 0.1) is 0 Å². The number of hydrogen-bond donors (Lipinski definition) is 0. The number of carbonyl (C=O) groups is 1. The molecule has 0 saturated heterocycles. The molecule has 1 aromatic rings. The van der Waals surface area contributed by atoms with Crippen LogP contribution in [0.3, 0.4) is 0 Å². The Bertz CT molecular complexity index is 354. The molecule has 0 aliphatic heterocycles. The third-order valence-electron chi connectivity index (χ3n) is 2.53. The monoisotopic (exact) mass is 228 g/mol. The van der Waals surface area contributed by atoms with E-state index in [-0.39, 0.29) is 0 Å². The first kappa shape index (κ1) is 10.0. The van der Waals surface area contributed by atoms with Gasteiger partial charge in [-0.25, -0.2) is 0 Å². The molecule has 1 aliphatic rings. The molecule has 1 nitrogen and oxygen atoms in total. The van der Waals surface area contributed by atoms with Gasteiger partial charge in [-0.05, 0) is 36.1 Å². The van der Waals surface area contributed by atoms with Gasteiger partial charge in [-0.15, -0.1) is 0 Å². The van der Waals surface area contributed by atoms with E-state index in [0.29, 0.717) is 36.5 Å². The van der Waals surface area contributed by atoms with Crippen molar-refractivity contribution in [2.45, 2.75) is 25.7 Å². The smallest absolute Gasteiger partial charge is 0.133 e. The van der Waals surface area contributed by atoms with Crippen molar-refractivity contribution in [2.24, 2.45) is 0 Å². The molecular weight excluding hydrogens is 219 g/mol. The van der Waals surface area contributed by atoms with Gasteiger partial charge >= 0.3 is 0 Å². The molecule has 0 N–H and O–H groups in total. The third-order valence-corrected chi connectivity index (χ3v) is 3.24. The molecule has 0 aromatic heterocycles. The van der Waals surface area contributed by atoms with E-state index in [4.69, 9.17) is 23.2 Å². The molecule has 0 amide bonds. The van der Waals surface area contributed by atoms with E-state index in [1.165, 1.54) is 0 Å². The molecule has 0 heterocycles. The fourth-order valence-electron chi connectivity index (χ4n) is 1.74. The van der Waals surface area contributed by atoms with Gasteiger partial charge in [0.25, 0.3) is 0 Å². The molecule has 0 radical (unpaired) electrons. The number of benzene rings is 1. The SMILES string of the molecule is O=C1CCc2cc(Cl)cc(c2Cl)CC1. The molecule has 0 spiro atoms. The summed E-state index contributed by atoms with van der Waals surface area (Å²) in [6.45, 7) is 0. The van der Waals surface area contributed by atoms with E-state index in [0.717, 1.165) is 16.1 Å². The second kappa shape index (κ2) is 3.92. The Morgan fingerprint density at radius 2 is 1.43 bits per heavy atom. The molecule has 2 bridgehead atoms. The van der Waals surface area contributed by atoms with Crippen molar-refractivity contribution in [3.63, 3.8) is 0 Å². The highest BCUT2D eigenvalue weighted by molar-refractivity contribution is 6.34. The molecule has 0 fully saturated rings. The third kappa shape index (κ3) is 1.94. The van der Waals surface area contributed by atoms with E-state index in [9.17, 15) is 4.79 Å². The lowest BCUT2D eigenvalue weighted by molar-refractivity contribution is -0.119. The van der Waals surface area contributed by atoms with Gasteiger partial charge < -0.3 is 0 Å². The normalized spacial score (nSPS) is 16.3. The van der Waals surface area contributed by atoms with Gasteiger partial charge in [-0.3, -0.25) is 4.79 Å². The van der Waals surface area contributed by atoms with E-state index in [2.05, 4.69) is 0 Å². The summed E-state index contributed by atoms with van der Waals surface area (Å²) in [6, 6.07) is 3.71. The van der Waals surface area contributed by atoms with Crippen molar-refractivity contribution >= 4 is 29.0 Å². The fourth-order valence-corrected chi connectivity index (χ4v) is 2.31. The lowest BCUT2D eigenvalue weighted by Crippen LogP contribution is -2.07. The molecule has 0 unspecified atom stereocenters. The van der Waals surface area contributed by atoms with Gasteiger partial charge in [0.2, 0.25) is 0 Å². The molecule has 0 atom stereocenters. The molecule has 1 aliphatic carbocycles. The van der Waals surface area contributed by atoms with Crippen LogP contribution < -0.4 is 0 Å². The first-order valence-electron chi connectivity index (χ1n) is 4.65. The zero-order valence-electron chi connectivity index (χ0n) is 7.65. The van der Waals surface area contributed by atoms with Crippen LogP contribution in [0.15, 0.2) is 12.1 Å². The minimum Gasteiger partial charge on any atom is -0.300 e. The van der Waals surface area contributed by atoms with Crippen molar-refractivity contribution in [3.8, 4) is 0 Å². The van der Waals surface area contributed by atoms with Gasteiger partial charge in [0.05, 0.1) is 0 Å². The second-order valence-corrected chi connectivity index (χ2v) is 4.39. The highest BCUT2D eigenvalue weighted by atomic mass is 35.5. The first-order chi connectivity index (χ1) is 6.66. The van der Waals surface area contributed by atoms with Crippen LogP contribution in [-0.2, 0) is 17.6 Å². The maximum atomic E-state index is 11.3. The minimum atomic E-state index is 0.309. The lowest BCUT2D eigenvalue weighted by Gasteiger charge is -2.13.